The van der Waals surface area contributed by atoms with Gasteiger partial charge in [-0.2, -0.15) is 0 Å². The second-order valence-corrected chi connectivity index (χ2v) is 10.4. The maximum atomic E-state index is 13.0. The lowest BCUT2D eigenvalue weighted by Gasteiger charge is -2.18. The van der Waals surface area contributed by atoms with Crippen molar-refractivity contribution in [1.82, 2.24) is 5.32 Å². The van der Waals surface area contributed by atoms with Crippen LogP contribution < -0.4 is 5.32 Å². The Bertz CT molecular complexity index is 1230. The lowest BCUT2D eigenvalue weighted by molar-refractivity contribution is 0.0526. The van der Waals surface area contributed by atoms with Gasteiger partial charge in [0.1, 0.15) is 0 Å². The highest BCUT2D eigenvalue weighted by Crippen LogP contribution is 2.23. The van der Waals surface area contributed by atoms with E-state index in [1.165, 1.54) is 24.3 Å². The number of hydrogen-bond acceptors (Lipinski definition) is 6. The van der Waals surface area contributed by atoms with Crippen LogP contribution in [0.1, 0.15) is 41.4 Å². The van der Waals surface area contributed by atoms with E-state index in [1.54, 1.807) is 49.4 Å². The molecule has 0 saturated heterocycles. The highest BCUT2D eigenvalue weighted by Gasteiger charge is 2.20. The number of hydrogen-bond donors (Lipinski definition) is 2. The van der Waals surface area contributed by atoms with Crippen LogP contribution >= 0.6 is 11.6 Å². The number of aliphatic hydroxyl groups excluding tert-OH is 1. The van der Waals surface area contributed by atoms with E-state index >= 15 is 0 Å². The van der Waals surface area contributed by atoms with E-state index in [-0.39, 0.29) is 28.0 Å². The third kappa shape index (κ3) is 6.67. The van der Waals surface area contributed by atoms with E-state index in [0.717, 1.165) is 11.1 Å². The van der Waals surface area contributed by atoms with Crippen LogP contribution in [-0.4, -0.2) is 38.7 Å². The molecule has 3 rings (SSSR count). The van der Waals surface area contributed by atoms with Crippen LogP contribution in [0.15, 0.2) is 82.6 Å². The van der Waals surface area contributed by atoms with Gasteiger partial charge in [0, 0.05) is 17.6 Å². The fraction of sp³-hybridized carbons (Fsp3) is 0.269. The van der Waals surface area contributed by atoms with Gasteiger partial charge in [-0.05, 0) is 73.9 Å². The minimum atomic E-state index is -3.78. The quantitative estimate of drug-likeness (QED) is 0.394. The molecule has 0 aliphatic carbocycles. The van der Waals surface area contributed by atoms with Crippen LogP contribution in [0, 0.1) is 0 Å². The Morgan fingerprint density at radius 2 is 1.74 bits per heavy atom. The number of aliphatic hydroxyl groups is 1. The molecule has 2 atom stereocenters. The molecular formula is C26H28ClNO5S. The Morgan fingerprint density at radius 1 is 1.03 bits per heavy atom. The first kappa shape index (κ1) is 25.9. The molecule has 0 bridgehead atoms. The third-order valence-corrected chi connectivity index (χ3v) is 7.33. The molecule has 0 saturated carbocycles. The zero-order valence-corrected chi connectivity index (χ0v) is 20.6. The van der Waals surface area contributed by atoms with Crippen molar-refractivity contribution in [2.75, 3.05) is 13.2 Å². The first-order valence-corrected chi connectivity index (χ1v) is 12.8. The van der Waals surface area contributed by atoms with Crippen molar-refractivity contribution in [2.45, 2.75) is 42.2 Å². The van der Waals surface area contributed by atoms with Crippen LogP contribution in [0.5, 0.6) is 0 Å². The topological polar surface area (TPSA) is 92.7 Å². The number of halogens is 1. The summed E-state index contributed by atoms with van der Waals surface area (Å²) in [5.74, 6) is -0.558. The predicted molar refractivity (Wildman–Crippen MR) is 132 cm³/mol. The summed E-state index contributed by atoms with van der Waals surface area (Å²) in [6.45, 7) is 4.27. The zero-order chi connectivity index (χ0) is 24.7. The average Bonchev–Trinajstić information content (AvgIpc) is 2.83. The Morgan fingerprint density at radius 3 is 2.41 bits per heavy atom. The molecule has 2 N–H and O–H groups in total. The van der Waals surface area contributed by atoms with Gasteiger partial charge >= 0.3 is 5.97 Å². The van der Waals surface area contributed by atoms with Crippen LogP contribution in [-0.2, 0) is 21.0 Å². The van der Waals surface area contributed by atoms with Crippen molar-refractivity contribution in [1.29, 1.82) is 0 Å². The van der Waals surface area contributed by atoms with Crippen LogP contribution in [0.2, 0.25) is 5.02 Å². The van der Waals surface area contributed by atoms with E-state index in [2.05, 4.69) is 5.32 Å². The van der Waals surface area contributed by atoms with Gasteiger partial charge < -0.3 is 15.2 Å². The summed E-state index contributed by atoms with van der Waals surface area (Å²) < 4.78 is 31.0. The number of esters is 1. The van der Waals surface area contributed by atoms with Gasteiger partial charge in [-0.1, -0.05) is 41.9 Å². The minimum absolute atomic E-state index is 0.0378. The van der Waals surface area contributed by atoms with Crippen molar-refractivity contribution in [2.24, 2.45) is 0 Å². The van der Waals surface area contributed by atoms with Crippen LogP contribution in [0.4, 0.5) is 0 Å². The normalized spacial score (nSPS) is 13.3. The second-order valence-electron chi connectivity index (χ2n) is 7.98. The van der Waals surface area contributed by atoms with Crippen molar-refractivity contribution in [3.8, 4) is 0 Å². The average molecular weight is 502 g/mol. The predicted octanol–water partition coefficient (Wildman–Crippen LogP) is 4.60. The number of ether oxygens (including phenoxy) is 1. The fourth-order valence-corrected chi connectivity index (χ4v) is 5.02. The lowest BCUT2D eigenvalue weighted by atomic mass is 10.1. The Hall–Kier alpha value is -2.71. The molecule has 3 aromatic carbocycles. The molecule has 0 aromatic heterocycles. The molecule has 8 heteroatoms. The first-order valence-electron chi connectivity index (χ1n) is 11.0. The highest BCUT2D eigenvalue weighted by molar-refractivity contribution is 7.91. The summed E-state index contributed by atoms with van der Waals surface area (Å²) in [5.41, 5.74) is 1.89. The molecule has 0 radical (unpaired) electrons. The summed E-state index contributed by atoms with van der Waals surface area (Å²) in [5, 5.41) is 14.2. The smallest absolute Gasteiger partial charge is 0.338 e. The van der Waals surface area contributed by atoms with Crippen molar-refractivity contribution in [3.63, 3.8) is 0 Å². The van der Waals surface area contributed by atoms with Gasteiger partial charge in [0.25, 0.3) is 0 Å². The van der Waals surface area contributed by atoms with Crippen LogP contribution in [0.3, 0.4) is 0 Å². The molecule has 0 spiro atoms. The Kier molecular flexibility index (Phi) is 8.85. The first-order chi connectivity index (χ1) is 16.2. The number of sulfone groups is 1. The Balaban J connectivity index is 1.63. The van der Waals surface area contributed by atoms with Crippen LogP contribution in [0.25, 0.3) is 0 Å². The molecule has 0 aliphatic heterocycles. The molecule has 0 fully saturated rings. The summed E-state index contributed by atoms with van der Waals surface area (Å²) in [6.07, 6.45) is -0.0277. The van der Waals surface area contributed by atoms with E-state index in [1.807, 2.05) is 13.0 Å². The molecule has 0 amide bonds. The van der Waals surface area contributed by atoms with Gasteiger partial charge in [-0.25, -0.2) is 13.2 Å². The van der Waals surface area contributed by atoms with E-state index in [4.69, 9.17) is 16.3 Å². The van der Waals surface area contributed by atoms with E-state index in [9.17, 15) is 18.3 Å². The summed E-state index contributed by atoms with van der Waals surface area (Å²) in [7, 11) is -3.78. The maximum Gasteiger partial charge on any atom is 0.338 e. The number of benzene rings is 3. The molecule has 0 unspecified atom stereocenters. The van der Waals surface area contributed by atoms with Gasteiger partial charge in [-0.15, -0.1) is 0 Å². The van der Waals surface area contributed by atoms with Gasteiger partial charge in [-0.3, -0.25) is 0 Å². The van der Waals surface area contributed by atoms with Crippen molar-refractivity contribution < 1.29 is 23.1 Å². The molecule has 0 heterocycles. The number of rotatable bonds is 10. The maximum absolute atomic E-state index is 13.0. The molecule has 0 aliphatic rings. The standard InChI is InChI=1S/C26H28ClNO5S/c1-3-33-26(30)21-7-5-9-24(16-21)34(31,32)23-12-10-19(11-13-23)14-18(2)28-17-25(29)20-6-4-8-22(27)15-20/h4-13,15-16,18,25,28-29H,3,14,17H2,1-2H3/t18-,25+/m1/s1. The summed E-state index contributed by atoms with van der Waals surface area (Å²) in [4.78, 5) is 12.1. The largest absolute Gasteiger partial charge is 0.462 e. The molecule has 6 nitrogen and oxygen atoms in total. The highest BCUT2D eigenvalue weighted by atomic mass is 35.5. The van der Waals surface area contributed by atoms with E-state index < -0.39 is 21.9 Å². The minimum Gasteiger partial charge on any atom is -0.462 e. The summed E-state index contributed by atoms with van der Waals surface area (Å²) >= 11 is 5.98. The van der Waals surface area contributed by atoms with Crippen molar-refractivity contribution >= 4 is 27.4 Å². The molecule has 34 heavy (non-hydrogen) atoms. The van der Waals surface area contributed by atoms with Crippen molar-refractivity contribution in [3.05, 3.63) is 94.5 Å². The number of carbonyl (C=O) groups excluding carboxylic acids is 1. The summed E-state index contributed by atoms with van der Waals surface area (Å²) in [6, 6.07) is 19.7. The number of nitrogens with one attached hydrogen (secondary N) is 1. The molecule has 180 valence electrons. The second kappa shape index (κ2) is 11.6. The molecule has 3 aromatic rings. The Labute approximate surface area is 205 Å². The third-order valence-electron chi connectivity index (χ3n) is 5.32. The SMILES string of the molecule is CCOC(=O)c1cccc(S(=O)(=O)c2ccc(C[C@@H](C)NC[C@H](O)c3cccc(Cl)c3)cc2)c1. The zero-order valence-electron chi connectivity index (χ0n) is 19.1. The number of carbonyl (C=O) groups is 1. The fourth-order valence-electron chi connectivity index (χ4n) is 3.52. The van der Waals surface area contributed by atoms with E-state index in [0.29, 0.717) is 18.0 Å². The monoisotopic (exact) mass is 501 g/mol. The van der Waals surface area contributed by atoms with Gasteiger partial charge in [0.15, 0.2) is 0 Å². The molecular weight excluding hydrogens is 474 g/mol. The lowest BCUT2D eigenvalue weighted by Crippen LogP contribution is -2.32. The van der Waals surface area contributed by atoms with Gasteiger partial charge in [0.2, 0.25) is 9.84 Å². The van der Waals surface area contributed by atoms with Gasteiger partial charge in [0.05, 0.1) is 28.1 Å².